The topological polar surface area (TPSA) is 135 Å². The van der Waals surface area contributed by atoms with Gasteiger partial charge in [0, 0.05) is 48.4 Å². The second kappa shape index (κ2) is 9.86. The summed E-state index contributed by atoms with van der Waals surface area (Å²) in [7, 11) is 0. The molecule has 1 amide bonds. The van der Waals surface area contributed by atoms with Crippen molar-refractivity contribution in [2.45, 2.75) is 50.5 Å². The summed E-state index contributed by atoms with van der Waals surface area (Å²) in [6.45, 7) is 1.98. The number of piperidine rings is 1. The van der Waals surface area contributed by atoms with E-state index in [1.165, 1.54) is 12.1 Å². The van der Waals surface area contributed by atoms with Gasteiger partial charge < -0.3 is 31.3 Å². The largest absolute Gasteiger partial charge is 0.385 e. The molecule has 1 saturated heterocycles. The average molecular weight is 517 g/mol. The number of carbonyl (C=O) groups excluding carboxylic acids is 1. The van der Waals surface area contributed by atoms with Crippen LogP contribution in [0.25, 0.3) is 11.3 Å². The van der Waals surface area contributed by atoms with E-state index >= 15 is 0 Å². The van der Waals surface area contributed by atoms with E-state index in [0.717, 1.165) is 34.6 Å². The number of aromatic nitrogens is 2. The quantitative estimate of drug-likeness (QED) is 0.295. The highest BCUT2D eigenvalue weighted by Crippen LogP contribution is 2.26. The third-order valence-electron chi connectivity index (χ3n) is 6.82. The first-order valence-corrected chi connectivity index (χ1v) is 12.2. The lowest BCUT2D eigenvalue weighted by Crippen LogP contribution is -2.59. The molecule has 198 valence electrons. The minimum Gasteiger partial charge on any atom is -0.385 e. The second-order valence-electron chi connectivity index (χ2n) is 9.79. The Labute approximate surface area is 212 Å². The molecule has 12 heteroatoms. The van der Waals surface area contributed by atoms with Crippen LogP contribution in [0.4, 0.5) is 8.78 Å². The number of amides is 1. The molecule has 10 nitrogen and oxygen atoms in total. The molecular weight excluding hydrogens is 486 g/mol. The van der Waals surface area contributed by atoms with Crippen molar-refractivity contribution < 1.29 is 28.9 Å². The first kappa shape index (κ1) is 25.3. The molecule has 2 fully saturated rings. The van der Waals surface area contributed by atoms with Crippen molar-refractivity contribution in [1.29, 1.82) is 0 Å². The number of carbonyl (C=O) groups is 1. The van der Waals surface area contributed by atoms with Gasteiger partial charge in [0.2, 0.25) is 0 Å². The van der Waals surface area contributed by atoms with Gasteiger partial charge in [-0.3, -0.25) is 4.79 Å². The third-order valence-corrected chi connectivity index (χ3v) is 6.82. The van der Waals surface area contributed by atoms with Crippen LogP contribution in [0.2, 0.25) is 0 Å². The van der Waals surface area contributed by atoms with Gasteiger partial charge in [-0.1, -0.05) is 0 Å². The fourth-order valence-corrected chi connectivity index (χ4v) is 4.57. The van der Waals surface area contributed by atoms with Crippen LogP contribution in [0.3, 0.4) is 0 Å². The zero-order chi connectivity index (χ0) is 26.3. The van der Waals surface area contributed by atoms with Crippen molar-refractivity contribution >= 4 is 11.5 Å². The molecule has 2 aliphatic heterocycles. The number of benzene rings is 1. The number of nitrogens with one attached hydrogen (secondary N) is 3. The number of allylic oxidation sites excluding steroid dienone is 2. The van der Waals surface area contributed by atoms with Gasteiger partial charge in [0.1, 0.15) is 12.0 Å². The molecule has 2 aromatic rings. The third kappa shape index (κ3) is 5.67. The molecule has 6 N–H and O–H groups in total. The first-order valence-electron chi connectivity index (χ1n) is 12.2. The molecule has 0 radical (unpaired) electrons. The van der Waals surface area contributed by atoms with Gasteiger partial charge in [-0.05, 0) is 50.0 Å². The Morgan fingerprint density at radius 1 is 1.24 bits per heavy atom. The molecule has 37 heavy (non-hydrogen) atoms. The summed E-state index contributed by atoms with van der Waals surface area (Å²) in [5, 5.41) is 41.4. The number of nitrogens with zero attached hydrogens (tertiary/aromatic N) is 3. The highest BCUT2D eigenvalue weighted by atomic mass is 19.1. The van der Waals surface area contributed by atoms with Crippen LogP contribution in [0, 0.1) is 12.7 Å². The SMILES string of the molecule is Cc1cc(F)c(C(=O)NC2CC2)cc1-n1cc(C2=CNCC(NC3CCN(C(O)(O)O)CC3F)=C2)cn1. The fourth-order valence-electron chi connectivity index (χ4n) is 4.57. The van der Waals surface area contributed by atoms with Crippen LogP contribution in [0.5, 0.6) is 0 Å². The van der Waals surface area contributed by atoms with Crippen LogP contribution >= 0.6 is 0 Å². The Hall–Kier alpha value is -3.32. The van der Waals surface area contributed by atoms with Gasteiger partial charge in [0.25, 0.3) is 5.91 Å². The molecule has 5 rings (SSSR count). The van der Waals surface area contributed by atoms with Crippen molar-refractivity contribution in [2.24, 2.45) is 0 Å². The summed E-state index contributed by atoms with van der Waals surface area (Å²) >= 11 is 0. The van der Waals surface area contributed by atoms with E-state index in [2.05, 4.69) is 21.0 Å². The number of hydrogen-bond acceptors (Lipinski definition) is 8. The summed E-state index contributed by atoms with van der Waals surface area (Å²) in [5.41, 5.74) is 3.48. The normalized spacial score (nSPS) is 22.6. The summed E-state index contributed by atoms with van der Waals surface area (Å²) in [6, 6.07) is 2.38. The van der Waals surface area contributed by atoms with Crippen LogP contribution in [0.1, 0.15) is 40.7 Å². The summed E-state index contributed by atoms with van der Waals surface area (Å²) in [4.78, 5) is 13.3. The van der Waals surface area contributed by atoms with E-state index in [-0.39, 0.29) is 31.1 Å². The molecule has 3 heterocycles. The van der Waals surface area contributed by atoms with Gasteiger partial charge in [0.15, 0.2) is 0 Å². The lowest BCUT2D eigenvalue weighted by molar-refractivity contribution is -0.397. The highest BCUT2D eigenvalue weighted by molar-refractivity contribution is 5.95. The standard InChI is InChI=1S/C25H30F2N6O4/c1-14-6-20(26)19(24(34)31-17-2-3-17)8-23(14)33-12-16(10-29-33)15-7-18(11-28-9-15)30-22-4-5-32(13-21(22)27)25(35,36)37/h6-10,12,17,21-22,28,30,35-37H,2-5,11,13H2,1H3,(H,31,34). The van der Waals surface area contributed by atoms with Crippen molar-refractivity contribution in [3.63, 3.8) is 0 Å². The Bertz CT molecular complexity index is 1250. The number of halogens is 2. The van der Waals surface area contributed by atoms with Crippen LogP contribution in [-0.4, -0.2) is 79.9 Å². The average Bonchev–Trinajstić information content (AvgIpc) is 3.51. The number of alkyl halides is 1. The molecule has 1 aromatic carbocycles. The van der Waals surface area contributed by atoms with Crippen LogP contribution in [-0.2, 0) is 0 Å². The molecular formula is C25H30F2N6O4. The number of aryl methyl sites for hydroxylation is 1. The van der Waals surface area contributed by atoms with E-state index in [9.17, 15) is 28.9 Å². The van der Waals surface area contributed by atoms with Gasteiger partial charge in [0.05, 0.1) is 30.0 Å². The van der Waals surface area contributed by atoms with Crippen molar-refractivity contribution in [2.75, 3.05) is 19.6 Å². The zero-order valence-corrected chi connectivity index (χ0v) is 20.3. The lowest BCUT2D eigenvalue weighted by Gasteiger charge is -2.39. The monoisotopic (exact) mass is 516 g/mol. The summed E-state index contributed by atoms with van der Waals surface area (Å²) in [6.07, 6.45) is 4.72. The number of aliphatic hydroxyl groups is 3. The maximum absolute atomic E-state index is 14.7. The maximum Gasteiger partial charge on any atom is 0.345 e. The minimum absolute atomic E-state index is 0.0258. The maximum atomic E-state index is 14.7. The van der Waals surface area contributed by atoms with Crippen molar-refractivity contribution in [3.05, 3.63) is 65.0 Å². The molecule has 1 aromatic heterocycles. The highest BCUT2D eigenvalue weighted by Gasteiger charge is 2.38. The van der Waals surface area contributed by atoms with E-state index in [0.29, 0.717) is 17.8 Å². The molecule has 2 unspecified atom stereocenters. The Morgan fingerprint density at radius 2 is 2.03 bits per heavy atom. The van der Waals surface area contributed by atoms with E-state index in [4.69, 9.17) is 0 Å². The van der Waals surface area contributed by atoms with Crippen molar-refractivity contribution in [3.8, 4) is 5.69 Å². The number of dihydropyridines is 1. The number of likely N-dealkylation sites (tertiary alicyclic amines) is 1. The molecule has 0 bridgehead atoms. The number of rotatable bonds is 7. The van der Waals surface area contributed by atoms with Crippen molar-refractivity contribution in [1.82, 2.24) is 30.6 Å². The van der Waals surface area contributed by atoms with Gasteiger partial charge >= 0.3 is 6.10 Å². The predicted molar refractivity (Wildman–Crippen MR) is 130 cm³/mol. The Kier molecular flexibility index (Phi) is 6.75. The van der Waals surface area contributed by atoms with Gasteiger partial charge in [-0.2, -0.15) is 5.10 Å². The molecule has 0 spiro atoms. The summed E-state index contributed by atoms with van der Waals surface area (Å²) in [5.74, 6) is -1.02. The Balaban J connectivity index is 1.30. The van der Waals surface area contributed by atoms with E-state index in [1.54, 1.807) is 24.0 Å². The van der Waals surface area contributed by atoms with Crippen LogP contribution in [0.15, 0.2) is 42.5 Å². The first-order chi connectivity index (χ1) is 17.6. The molecule has 1 saturated carbocycles. The Morgan fingerprint density at radius 3 is 2.73 bits per heavy atom. The minimum atomic E-state index is -3.04. The fraction of sp³-hybridized carbons (Fsp3) is 0.440. The number of hydrogen-bond donors (Lipinski definition) is 6. The second-order valence-corrected chi connectivity index (χ2v) is 9.79. The van der Waals surface area contributed by atoms with E-state index < -0.39 is 30.0 Å². The van der Waals surface area contributed by atoms with Crippen LogP contribution < -0.4 is 16.0 Å². The van der Waals surface area contributed by atoms with E-state index in [1.807, 2.05) is 12.3 Å². The predicted octanol–water partition coefficient (Wildman–Crippen LogP) is 0.630. The summed E-state index contributed by atoms with van der Waals surface area (Å²) < 4.78 is 30.8. The van der Waals surface area contributed by atoms with Gasteiger partial charge in [-0.15, -0.1) is 0 Å². The smallest absolute Gasteiger partial charge is 0.345 e. The lowest BCUT2D eigenvalue weighted by atomic mass is 10.0. The molecule has 2 atom stereocenters. The molecule has 3 aliphatic rings. The van der Waals surface area contributed by atoms with Gasteiger partial charge in [-0.25, -0.2) is 18.4 Å². The molecule has 1 aliphatic carbocycles. The zero-order valence-electron chi connectivity index (χ0n) is 20.3.